The summed E-state index contributed by atoms with van der Waals surface area (Å²) < 4.78 is 18.8. The number of nitrogens with one attached hydrogen (secondary N) is 3. The Bertz CT molecular complexity index is 783. The van der Waals surface area contributed by atoms with E-state index >= 15 is 0 Å². The van der Waals surface area contributed by atoms with E-state index in [0.717, 1.165) is 16.8 Å². The summed E-state index contributed by atoms with van der Waals surface area (Å²) in [4.78, 5) is 12.0. The number of para-hydroxylation sites is 1. The number of halogens is 1. The van der Waals surface area contributed by atoms with Crippen LogP contribution < -0.4 is 20.9 Å². The van der Waals surface area contributed by atoms with Crippen LogP contribution in [0.25, 0.3) is 0 Å². The van der Waals surface area contributed by atoms with Crippen LogP contribution in [-0.2, 0) is 4.79 Å². The van der Waals surface area contributed by atoms with Crippen LogP contribution in [0.5, 0.6) is 5.75 Å². The summed E-state index contributed by atoms with van der Waals surface area (Å²) in [6, 6.07) is 11.8. The maximum atomic E-state index is 13.5. The van der Waals surface area contributed by atoms with Crippen molar-refractivity contribution < 1.29 is 13.9 Å². The molecule has 25 heavy (non-hydrogen) atoms. The van der Waals surface area contributed by atoms with Crippen LogP contribution in [-0.4, -0.2) is 17.1 Å². The minimum absolute atomic E-state index is 0.0150. The lowest BCUT2D eigenvalue weighted by Crippen LogP contribution is -2.48. The second-order valence-electron chi connectivity index (χ2n) is 5.58. The van der Waals surface area contributed by atoms with Gasteiger partial charge in [0, 0.05) is 5.69 Å². The molecule has 2 aromatic rings. The van der Waals surface area contributed by atoms with Crippen molar-refractivity contribution in [2.75, 3.05) is 5.32 Å². The van der Waals surface area contributed by atoms with E-state index in [4.69, 9.17) is 17.0 Å². The van der Waals surface area contributed by atoms with Crippen LogP contribution in [0.15, 0.2) is 42.5 Å². The normalized spacial score (nSPS) is 11.4. The van der Waals surface area contributed by atoms with Crippen LogP contribution in [0.2, 0.25) is 0 Å². The highest BCUT2D eigenvalue weighted by atomic mass is 32.1. The van der Waals surface area contributed by atoms with Gasteiger partial charge in [-0.25, -0.2) is 4.39 Å². The van der Waals surface area contributed by atoms with Crippen molar-refractivity contribution in [3.8, 4) is 5.75 Å². The standard InChI is InChI=1S/C18H20FN3O2S/c1-11-8-9-12(2)15(10-11)20-18(25)22-21-17(23)13(3)24-16-7-5-4-6-14(16)19/h4-10,13H,1-3H3,(H,21,23)(H2,20,22,25)/t13-/m0/s1. The smallest absolute Gasteiger partial charge is 0.279 e. The summed E-state index contributed by atoms with van der Waals surface area (Å²) in [6.07, 6.45) is -0.895. The van der Waals surface area contributed by atoms with Crippen LogP contribution in [0.4, 0.5) is 10.1 Å². The average Bonchev–Trinajstić information content (AvgIpc) is 2.58. The lowest BCUT2D eigenvalue weighted by atomic mass is 10.1. The second-order valence-corrected chi connectivity index (χ2v) is 5.99. The molecule has 0 aromatic heterocycles. The van der Waals surface area contributed by atoms with E-state index in [2.05, 4.69) is 16.2 Å². The Labute approximate surface area is 151 Å². The van der Waals surface area contributed by atoms with E-state index in [0.29, 0.717) is 0 Å². The Morgan fingerprint density at radius 2 is 1.88 bits per heavy atom. The number of hydrogen-bond acceptors (Lipinski definition) is 3. The highest BCUT2D eigenvalue weighted by Crippen LogP contribution is 2.17. The minimum atomic E-state index is -0.895. The minimum Gasteiger partial charge on any atom is -0.478 e. The van der Waals surface area contributed by atoms with Gasteiger partial charge < -0.3 is 10.1 Å². The van der Waals surface area contributed by atoms with Crippen LogP contribution in [0.1, 0.15) is 18.1 Å². The first-order chi connectivity index (χ1) is 11.9. The number of hydrazine groups is 1. The van der Waals surface area contributed by atoms with Crippen molar-refractivity contribution in [1.82, 2.24) is 10.9 Å². The molecule has 2 rings (SSSR count). The molecule has 0 aliphatic carbocycles. The highest BCUT2D eigenvalue weighted by Gasteiger charge is 2.16. The van der Waals surface area contributed by atoms with Gasteiger partial charge in [-0.05, 0) is 62.3 Å². The molecule has 1 atom stereocenters. The zero-order valence-corrected chi connectivity index (χ0v) is 15.0. The monoisotopic (exact) mass is 361 g/mol. The largest absolute Gasteiger partial charge is 0.478 e. The van der Waals surface area contributed by atoms with Gasteiger partial charge in [0.05, 0.1) is 0 Å². The molecule has 0 bridgehead atoms. The molecular weight excluding hydrogens is 341 g/mol. The molecule has 2 aromatic carbocycles. The number of benzene rings is 2. The van der Waals surface area contributed by atoms with Crippen LogP contribution in [0.3, 0.4) is 0 Å². The van der Waals surface area contributed by atoms with E-state index in [1.165, 1.54) is 19.1 Å². The van der Waals surface area contributed by atoms with Crippen molar-refractivity contribution in [2.45, 2.75) is 26.9 Å². The summed E-state index contributed by atoms with van der Waals surface area (Å²) in [7, 11) is 0. The van der Waals surface area contributed by atoms with E-state index in [-0.39, 0.29) is 10.9 Å². The van der Waals surface area contributed by atoms with Crippen molar-refractivity contribution in [3.63, 3.8) is 0 Å². The van der Waals surface area contributed by atoms with E-state index < -0.39 is 17.8 Å². The molecular formula is C18H20FN3O2S. The summed E-state index contributed by atoms with van der Waals surface area (Å²) in [6.45, 7) is 5.45. The summed E-state index contributed by atoms with van der Waals surface area (Å²) >= 11 is 5.16. The molecule has 0 aliphatic heterocycles. The van der Waals surface area contributed by atoms with Gasteiger partial charge in [0.25, 0.3) is 5.91 Å². The lowest BCUT2D eigenvalue weighted by molar-refractivity contribution is -0.127. The van der Waals surface area contributed by atoms with Gasteiger partial charge in [0.1, 0.15) is 0 Å². The van der Waals surface area contributed by atoms with Gasteiger partial charge >= 0.3 is 0 Å². The van der Waals surface area contributed by atoms with Gasteiger partial charge in [0.2, 0.25) is 0 Å². The first-order valence-corrected chi connectivity index (χ1v) is 8.13. The lowest BCUT2D eigenvalue weighted by Gasteiger charge is -2.17. The number of anilines is 1. The molecule has 0 saturated carbocycles. The quantitative estimate of drug-likeness (QED) is 0.576. The number of thiocarbonyl (C=S) groups is 1. The number of hydrogen-bond donors (Lipinski definition) is 3. The fraction of sp³-hybridized carbons (Fsp3) is 0.222. The van der Waals surface area contributed by atoms with Gasteiger partial charge in [-0.2, -0.15) is 0 Å². The Morgan fingerprint density at radius 1 is 1.16 bits per heavy atom. The number of carbonyl (C=O) groups is 1. The zero-order valence-electron chi connectivity index (χ0n) is 14.2. The van der Waals surface area contributed by atoms with Gasteiger partial charge in [0.15, 0.2) is 22.8 Å². The molecule has 0 aliphatic rings. The van der Waals surface area contributed by atoms with Crippen molar-refractivity contribution in [2.24, 2.45) is 0 Å². The summed E-state index contributed by atoms with van der Waals surface area (Å²) in [5.41, 5.74) is 8.01. The molecule has 0 saturated heterocycles. The Morgan fingerprint density at radius 3 is 2.60 bits per heavy atom. The average molecular weight is 361 g/mol. The molecule has 1 amide bonds. The topological polar surface area (TPSA) is 62.4 Å². The SMILES string of the molecule is Cc1ccc(C)c(NC(=S)NNC(=O)[C@H](C)Oc2ccccc2F)c1. The third-order valence-electron chi connectivity index (χ3n) is 3.45. The number of carbonyl (C=O) groups excluding carboxylic acids is 1. The Kier molecular flexibility index (Phi) is 6.30. The highest BCUT2D eigenvalue weighted by molar-refractivity contribution is 7.80. The fourth-order valence-corrected chi connectivity index (χ4v) is 2.19. The fourth-order valence-electron chi connectivity index (χ4n) is 2.03. The van der Waals surface area contributed by atoms with Crippen molar-refractivity contribution in [3.05, 3.63) is 59.4 Å². The molecule has 0 unspecified atom stereocenters. The van der Waals surface area contributed by atoms with Crippen molar-refractivity contribution in [1.29, 1.82) is 0 Å². The number of amides is 1. The number of rotatable bonds is 4. The van der Waals surface area contributed by atoms with Gasteiger partial charge in [-0.1, -0.05) is 24.3 Å². The third kappa shape index (κ3) is 5.42. The predicted molar refractivity (Wildman–Crippen MR) is 99.9 cm³/mol. The van der Waals surface area contributed by atoms with Crippen molar-refractivity contribution >= 4 is 28.9 Å². The summed E-state index contributed by atoms with van der Waals surface area (Å²) in [5, 5.41) is 3.25. The third-order valence-corrected chi connectivity index (χ3v) is 3.65. The molecule has 3 N–H and O–H groups in total. The first kappa shape index (κ1) is 18.7. The number of aryl methyl sites for hydroxylation is 2. The van der Waals surface area contributed by atoms with Gasteiger partial charge in [-0.3, -0.25) is 15.6 Å². The molecule has 5 nitrogen and oxygen atoms in total. The summed E-state index contributed by atoms with van der Waals surface area (Å²) in [5.74, 6) is -0.989. The molecule has 0 heterocycles. The molecule has 0 radical (unpaired) electrons. The second kappa shape index (κ2) is 8.43. The van der Waals surface area contributed by atoms with Crippen LogP contribution >= 0.6 is 12.2 Å². The molecule has 0 spiro atoms. The zero-order chi connectivity index (χ0) is 18.4. The van der Waals surface area contributed by atoms with E-state index in [1.54, 1.807) is 12.1 Å². The van der Waals surface area contributed by atoms with Crippen LogP contribution in [0, 0.1) is 19.7 Å². The predicted octanol–water partition coefficient (Wildman–Crippen LogP) is 3.23. The number of ether oxygens (including phenoxy) is 1. The molecule has 132 valence electrons. The maximum absolute atomic E-state index is 13.5. The molecule has 7 heteroatoms. The van der Waals surface area contributed by atoms with E-state index in [9.17, 15) is 9.18 Å². The Hall–Kier alpha value is -2.67. The Balaban J connectivity index is 1.85. The molecule has 0 fully saturated rings. The van der Waals surface area contributed by atoms with E-state index in [1.807, 2.05) is 32.0 Å². The van der Waals surface area contributed by atoms with Gasteiger partial charge in [-0.15, -0.1) is 0 Å². The first-order valence-electron chi connectivity index (χ1n) is 7.72. The maximum Gasteiger partial charge on any atom is 0.279 e.